The summed E-state index contributed by atoms with van der Waals surface area (Å²) in [6, 6.07) is 8.69. The summed E-state index contributed by atoms with van der Waals surface area (Å²) in [7, 11) is 6.21. The van der Waals surface area contributed by atoms with Crippen LogP contribution in [0, 0.1) is 0 Å². The first-order valence-corrected chi connectivity index (χ1v) is 8.86. The Labute approximate surface area is 147 Å². The zero-order chi connectivity index (χ0) is 16.9. The molecule has 0 saturated heterocycles. The van der Waals surface area contributed by atoms with E-state index in [4.69, 9.17) is 0 Å². The Morgan fingerprint density at radius 1 is 1.25 bits per heavy atom. The topological polar surface area (TPSA) is 46.0 Å². The van der Waals surface area contributed by atoms with Crippen molar-refractivity contribution in [3.63, 3.8) is 0 Å². The van der Waals surface area contributed by atoms with Gasteiger partial charge in [0.25, 0.3) is 0 Å². The summed E-state index contributed by atoms with van der Waals surface area (Å²) in [6.07, 6.45) is 5.69. The zero-order valence-electron chi connectivity index (χ0n) is 14.3. The fraction of sp³-hybridized carbons (Fsp3) is 0.333. The molecule has 3 heterocycles. The maximum atomic E-state index is 4.60. The Balaban J connectivity index is 1.69. The molecule has 0 fully saturated rings. The van der Waals surface area contributed by atoms with Crippen LogP contribution in [0.2, 0.25) is 0 Å². The van der Waals surface area contributed by atoms with Crippen molar-refractivity contribution < 1.29 is 0 Å². The van der Waals surface area contributed by atoms with E-state index < -0.39 is 0 Å². The van der Waals surface area contributed by atoms with Crippen LogP contribution in [-0.2, 0) is 13.6 Å². The maximum Gasteiger partial charge on any atom is 0.0969 e. The number of rotatable bonds is 7. The molecule has 1 N–H and O–H groups in total. The number of thiophene rings is 1. The molecule has 0 aliphatic heterocycles. The third-order valence-corrected chi connectivity index (χ3v) is 4.98. The second-order valence-corrected chi connectivity index (χ2v) is 7.02. The van der Waals surface area contributed by atoms with Crippen molar-refractivity contribution in [3.05, 3.63) is 58.7 Å². The number of aryl methyl sites for hydroxylation is 1. The Morgan fingerprint density at radius 3 is 2.71 bits per heavy atom. The van der Waals surface area contributed by atoms with Crippen LogP contribution in [0.15, 0.2) is 48.2 Å². The first-order valence-electron chi connectivity index (χ1n) is 7.98. The van der Waals surface area contributed by atoms with E-state index in [0.29, 0.717) is 6.04 Å². The van der Waals surface area contributed by atoms with Crippen molar-refractivity contribution in [3.8, 4) is 11.3 Å². The second kappa shape index (κ2) is 7.70. The lowest BCUT2D eigenvalue weighted by atomic mass is 10.1. The molecule has 3 aromatic heterocycles. The SMILES string of the molecule is CN(C)[C@@H](CNCc1cn(C)nc1-c1ccncc1)c1cccs1. The molecule has 0 bridgehead atoms. The summed E-state index contributed by atoms with van der Waals surface area (Å²) in [5, 5.41) is 10.3. The van der Waals surface area contributed by atoms with Gasteiger partial charge in [0.1, 0.15) is 0 Å². The Bertz CT molecular complexity index is 749. The predicted molar refractivity (Wildman–Crippen MR) is 98.9 cm³/mol. The minimum Gasteiger partial charge on any atom is -0.311 e. The summed E-state index contributed by atoms with van der Waals surface area (Å²) >= 11 is 1.80. The smallest absolute Gasteiger partial charge is 0.0969 e. The molecule has 0 saturated carbocycles. The fourth-order valence-corrected chi connectivity index (χ4v) is 3.70. The van der Waals surface area contributed by atoms with E-state index in [2.05, 4.69) is 58.1 Å². The highest BCUT2D eigenvalue weighted by Crippen LogP contribution is 2.24. The molecule has 5 nitrogen and oxygen atoms in total. The van der Waals surface area contributed by atoms with Crippen molar-refractivity contribution in [2.45, 2.75) is 12.6 Å². The first-order chi connectivity index (χ1) is 11.6. The number of pyridine rings is 1. The predicted octanol–water partition coefficient (Wildman–Crippen LogP) is 2.94. The van der Waals surface area contributed by atoms with Gasteiger partial charge in [-0.05, 0) is 37.7 Å². The monoisotopic (exact) mass is 341 g/mol. The van der Waals surface area contributed by atoms with Gasteiger partial charge >= 0.3 is 0 Å². The van der Waals surface area contributed by atoms with Crippen LogP contribution in [0.1, 0.15) is 16.5 Å². The van der Waals surface area contributed by atoms with Crippen LogP contribution in [0.25, 0.3) is 11.3 Å². The normalized spacial score (nSPS) is 12.7. The molecule has 0 amide bonds. The Hall–Kier alpha value is -2.02. The number of nitrogens with one attached hydrogen (secondary N) is 1. The average Bonchev–Trinajstić information content (AvgIpc) is 3.22. The fourth-order valence-electron chi connectivity index (χ4n) is 2.78. The highest BCUT2D eigenvalue weighted by Gasteiger charge is 2.16. The molecule has 3 aromatic rings. The summed E-state index contributed by atoms with van der Waals surface area (Å²) < 4.78 is 1.87. The minimum absolute atomic E-state index is 0.381. The number of likely N-dealkylation sites (N-methyl/N-ethyl adjacent to an activating group) is 1. The molecule has 0 aromatic carbocycles. The summed E-state index contributed by atoms with van der Waals surface area (Å²) in [5.74, 6) is 0. The molecule has 0 unspecified atom stereocenters. The Morgan fingerprint density at radius 2 is 2.04 bits per heavy atom. The van der Waals surface area contributed by atoms with Gasteiger partial charge < -0.3 is 10.2 Å². The van der Waals surface area contributed by atoms with E-state index in [1.165, 1.54) is 10.4 Å². The van der Waals surface area contributed by atoms with Gasteiger partial charge in [-0.2, -0.15) is 5.10 Å². The van der Waals surface area contributed by atoms with Gasteiger partial charge in [0, 0.05) is 54.7 Å². The molecule has 126 valence electrons. The van der Waals surface area contributed by atoms with E-state index in [1.54, 1.807) is 23.7 Å². The Kier molecular flexibility index (Phi) is 5.40. The molecular weight excluding hydrogens is 318 g/mol. The molecule has 0 radical (unpaired) electrons. The summed E-state index contributed by atoms with van der Waals surface area (Å²) in [4.78, 5) is 7.72. The molecule has 0 aliphatic carbocycles. The van der Waals surface area contributed by atoms with Crippen LogP contribution < -0.4 is 5.32 Å². The molecule has 0 aliphatic rings. The van der Waals surface area contributed by atoms with Crippen LogP contribution in [0.5, 0.6) is 0 Å². The van der Waals surface area contributed by atoms with Gasteiger partial charge in [-0.1, -0.05) is 6.07 Å². The van der Waals surface area contributed by atoms with Gasteiger partial charge in [-0.3, -0.25) is 9.67 Å². The van der Waals surface area contributed by atoms with Gasteiger partial charge in [-0.25, -0.2) is 0 Å². The minimum atomic E-state index is 0.381. The van der Waals surface area contributed by atoms with E-state index in [9.17, 15) is 0 Å². The van der Waals surface area contributed by atoms with Crippen molar-refractivity contribution in [1.29, 1.82) is 0 Å². The van der Waals surface area contributed by atoms with E-state index in [0.717, 1.165) is 24.3 Å². The quantitative estimate of drug-likeness (QED) is 0.718. The lowest BCUT2D eigenvalue weighted by Crippen LogP contribution is -2.30. The van der Waals surface area contributed by atoms with Crippen molar-refractivity contribution in [2.24, 2.45) is 7.05 Å². The van der Waals surface area contributed by atoms with E-state index >= 15 is 0 Å². The van der Waals surface area contributed by atoms with Gasteiger partial charge in [0.2, 0.25) is 0 Å². The molecule has 3 rings (SSSR count). The van der Waals surface area contributed by atoms with Gasteiger partial charge in [-0.15, -0.1) is 11.3 Å². The van der Waals surface area contributed by atoms with E-state index in [1.807, 2.05) is 23.9 Å². The second-order valence-electron chi connectivity index (χ2n) is 6.04. The number of nitrogens with zero attached hydrogens (tertiary/aromatic N) is 4. The highest BCUT2D eigenvalue weighted by atomic mass is 32.1. The van der Waals surface area contributed by atoms with Crippen molar-refractivity contribution >= 4 is 11.3 Å². The van der Waals surface area contributed by atoms with Crippen LogP contribution >= 0.6 is 11.3 Å². The zero-order valence-corrected chi connectivity index (χ0v) is 15.1. The van der Waals surface area contributed by atoms with Gasteiger partial charge in [0.15, 0.2) is 0 Å². The van der Waals surface area contributed by atoms with Crippen molar-refractivity contribution in [2.75, 3.05) is 20.6 Å². The molecular formula is C18H23N5S. The lowest BCUT2D eigenvalue weighted by Gasteiger charge is -2.23. The standard InChI is InChI=1S/C18H23N5S/c1-22(2)16(17-5-4-10-24-17)12-20-11-15-13-23(3)21-18(15)14-6-8-19-9-7-14/h4-10,13,16,20H,11-12H2,1-3H3/t16-/m0/s1. The molecule has 1 atom stereocenters. The number of hydrogen-bond acceptors (Lipinski definition) is 5. The van der Waals surface area contributed by atoms with Crippen LogP contribution in [0.3, 0.4) is 0 Å². The van der Waals surface area contributed by atoms with Crippen molar-refractivity contribution in [1.82, 2.24) is 25.0 Å². The number of hydrogen-bond donors (Lipinski definition) is 1. The van der Waals surface area contributed by atoms with Crippen LogP contribution in [-0.4, -0.2) is 40.3 Å². The number of aromatic nitrogens is 3. The molecule has 0 spiro atoms. The first kappa shape index (κ1) is 16.8. The largest absolute Gasteiger partial charge is 0.311 e. The summed E-state index contributed by atoms with van der Waals surface area (Å²) in [5.41, 5.74) is 3.32. The van der Waals surface area contributed by atoms with Gasteiger partial charge in [0.05, 0.1) is 11.7 Å². The lowest BCUT2D eigenvalue weighted by molar-refractivity contribution is 0.292. The molecule has 6 heteroatoms. The van der Waals surface area contributed by atoms with Crippen LogP contribution in [0.4, 0.5) is 0 Å². The average molecular weight is 341 g/mol. The summed E-state index contributed by atoms with van der Waals surface area (Å²) in [6.45, 7) is 1.69. The third-order valence-electron chi connectivity index (χ3n) is 4.01. The third kappa shape index (κ3) is 3.90. The maximum absolute atomic E-state index is 4.60. The molecule has 24 heavy (non-hydrogen) atoms. The highest BCUT2D eigenvalue weighted by molar-refractivity contribution is 7.10. The van der Waals surface area contributed by atoms with E-state index in [-0.39, 0.29) is 0 Å².